The molecule has 0 saturated heterocycles. The largest absolute Gasteiger partial charge is 0.396 e. The van der Waals surface area contributed by atoms with E-state index in [-0.39, 0.29) is 23.8 Å². The lowest BCUT2D eigenvalue weighted by Gasteiger charge is -2.29. The number of hydrogen-bond donors (Lipinski definition) is 4. The molecule has 1 aliphatic rings. The highest BCUT2D eigenvalue weighted by molar-refractivity contribution is 7.10. The van der Waals surface area contributed by atoms with E-state index in [1.54, 1.807) is 29.9 Å². The molecular weight excluding hydrogens is 513 g/mol. The molecule has 6 N–H and O–H groups in total. The van der Waals surface area contributed by atoms with Crippen molar-refractivity contribution in [3.63, 3.8) is 0 Å². The standard InChI is InChI=1S/C24H28ClF3N6OS/c1-13(2)32-9-16-6-17(8-18(22(16)25)24(26,27)28)33-23(35)15-5-4-14(3)20(7-15)34(30)11-19(29)21-10-31-12-36-21/h4-8,10-13,18,22,32H,9,29-30H2,1-3H3,(H,33,35)/b19-11-. The highest BCUT2D eigenvalue weighted by Crippen LogP contribution is 2.39. The molecule has 0 saturated carbocycles. The van der Waals surface area contributed by atoms with Gasteiger partial charge in [-0.1, -0.05) is 19.9 Å². The van der Waals surface area contributed by atoms with E-state index in [2.05, 4.69) is 15.6 Å². The van der Waals surface area contributed by atoms with Gasteiger partial charge in [-0.25, -0.2) is 5.84 Å². The molecule has 12 heteroatoms. The molecule has 0 bridgehead atoms. The number of nitrogens with one attached hydrogen (secondary N) is 2. The van der Waals surface area contributed by atoms with Crippen molar-refractivity contribution < 1.29 is 18.0 Å². The fourth-order valence-corrected chi connectivity index (χ4v) is 4.42. The Labute approximate surface area is 216 Å². The van der Waals surface area contributed by atoms with Crippen LogP contribution < -0.4 is 27.2 Å². The Balaban J connectivity index is 1.85. The lowest BCUT2D eigenvalue weighted by atomic mass is 9.91. The van der Waals surface area contributed by atoms with E-state index in [0.717, 1.165) is 16.5 Å². The summed E-state index contributed by atoms with van der Waals surface area (Å²) >= 11 is 7.51. The molecule has 3 rings (SSSR count). The maximum atomic E-state index is 13.7. The quantitative estimate of drug-likeness (QED) is 0.224. The Morgan fingerprint density at radius 3 is 2.69 bits per heavy atom. The van der Waals surface area contributed by atoms with Crippen molar-refractivity contribution in [3.05, 3.63) is 75.5 Å². The zero-order valence-electron chi connectivity index (χ0n) is 19.9. The molecule has 1 aliphatic carbocycles. The van der Waals surface area contributed by atoms with Gasteiger partial charge in [-0.3, -0.25) is 14.8 Å². The van der Waals surface area contributed by atoms with Gasteiger partial charge in [-0.05, 0) is 42.3 Å². The molecule has 0 spiro atoms. The Hall–Kier alpha value is -2.86. The van der Waals surface area contributed by atoms with Crippen LogP contribution in [-0.4, -0.2) is 35.0 Å². The third-order valence-corrected chi connectivity index (χ3v) is 6.84. The zero-order valence-corrected chi connectivity index (χ0v) is 21.5. The molecule has 1 aromatic heterocycles. The first-order valence-corrected chi connectivity index (χ1v) is 12.4. The highest BCUT2D eigenvalue weighted by atomic mass is 35.5. The van der Waals surface area contributed by atoms with Gasteiger partial charge in [0.1, 0.15) is 0 Å². The third-order valence-electron chi connectivity index (χ3n) is 5.46. The molecule has 0 fully saturated rings. The van der Waals surface area contributed by atoms with Crippen LogP contribution in [0.15, 0.2) is 59.5 Å². The summed E-state index contributed by atoms with van der Waals surface area (Å²) < 4.78 is 41.0. The summed E-state index contributed by atoms with van der Waals surface area (Å²) in [5.41, 5.74) is 9.95. The molecule has 2 unspecified atom stereocenters. The summed E-state index contributed by atoms with van der Waals surface area (Å²) in [6.07, 6.45) is 0.970. The highest BCUT2D eigenvalue weighted by Gasteiger charge is 2.45. The predicted octanol–water partition coefficient (Wildman–Crippen LogP) is 4.43. The number of rotatable bonds is 8. The monoisotopic (exact) mass is 540 g/mol. The van der Waals surface area contributed by atoms with Crippen LogP contribution in [0.4, 0.5) is 18.9 Å². The van der Waals surface area contributed by atoms with Gasteiger partial charge in [-0.15, -0.1) is 22.9 Å². The van der Waals surface area contributed by atoms with Crippen LogP contribution in [0.2, 0.25) is 0 Å². The van der Waals surface area contributed by atoms with Crippen LogP contribution in [0, 0.1) is 12.8 Å². The number of aromatic nitrogens is 1. The number of nitrogens with two attached hydrogens (primary N) is 2. The number of carbonyl (C=O) groups excluding carboxylic acids is 1. The number of nitrogens with zero attached hydrogens (tertiary/aromatic N) is 2. The van der Waals surface area contributed by atoms with Gasteiger partial charge >= 0.3 is 6.18 Å². The van der Waals surface area contributed by atoms with Gasteiger partial charge in [0.25, 0.3) is 5.91 Å². The first kappa shape index (κ1) is 27.7. The number of aryl methyl sites for hydroxylation is 1. The van der Waals surface area contributed by atoms with E-state index < -0.39 is 23.4 Å². The van der Waals surface area contributed by atoms with Crippen molar-refractivity contribution in [2.75, 3.05) is 11.6 Å². The number of halogens is 4. The van der Waals surface area contributed by atoms with Crippen molar-refractivity contribution in [2.24, 2.45) is 17.5 Å². The molecule has 0 radical (unpaired) electrons. The van der Waals surface area contributed by atoms with Gasteiger partial charge in [0.05, 0.1) is 33.1 Å². The fraction of sp³-hybridized carbons (Fsp3) is 0.333. The summed E-state index contributed by atoms with van der Waals surface area (Å²) in [5, 5.41) is 5.67. The molecule has 1 heterocycles. The molecule has 36 heavy (non-hydrogen) atoms. The number of amides is 1. The maximum absolute atomic E-state index is 13.7. The molecule has 0 aliphatic heterocycles. The Morgan fingerprint density at radius 2 is 2.08 bits per heavy atom. The van der Waals surface area contributed by atoms with Crippen molar-refractivity contribution >= 4 is 40.2 Å². The van der Waals surface area contributed by atoms with Gasteiger partial charge < -0.3 is 16.4 Å². The SMILES string of the molecule is Cc1ccc(C(=O)NC2=CC(C(F)(F)F)C(Cl)C(CNC(C)C)=C2)cc1N(N)/C=C(\N)c1cncs1. The number of alkyl halides is 4. The number of thiazole rings is 1. The number of allylic oxidation sites excluding steroid dienone is 2. The molecule has 194 valence electrons. The second-order valence-corrected chi connectivity index (χ2v) is 10.0. The van der Waals surface area contributed by atoms with E-state index in [1.807, 2.05) is 20.8 Å². The van der Waals surface area contributed by atoms with Crippen molar-refractivity contribution in [2.45, 2.75) is 38.4 Å². The van der Waals surface area contributed by atoms with Crippen molar-refractivity contribution in [3.8, 4) is 0 Å². The van der Waals surface area contributed by atoms with Crippen LogP contribution in [0.1, 0.15) is 34.6 Å². The fourth-order valence-electron chi connectivity index (χ4n) is 3.52. The average molecular weight is 541 g/mol. The Bertz CT molecular complexity index is 1180. The molecule has 7 nitrogen and oxygen atoms in total. The van der Waals surface area contributed by atoms with E-state index in [4.69, 9.17) is 23.2 Å². The number of anilines is 1. The Morgan fingerprint density at radius 1 is 1.36 bits per heavy atom. The maximum Gasteiger partial charge on any atom is 0.396 e. The molecule has 2 atom stereocenters. The molecular formula is C24H28ClF3N6OS. The van der Waals surface area contributed by atoms with E-state index >= 15 is 0 Å². The minimum atomic E-state index is -4.57. The zero-order chi connectivity index (χ0) is 26.6. The first-order valence-electron chi connectivity index (χ1n) is 11.1. The average Bonchev–Trinajstić information content (AvgIpc) is 3.33. The van der Waals surface area contributed by atoms with E-state index in [1.165, 1.54) is 28.6 Å². The number of benzene rings is 1. The van der Waals surface area contributed by atoms with Crippen LogP contribution in [0.25, 0.3) is 5.70 Å². The second kappa shape index (κ2) is 11.5. The minimum Gasteiger partial charge on any atom is -0.396 e. The second-order valence-electron chi connectivity index (χ2n) is 8.66. The van der Waals surface area contributed by atoms with Gasteiger partial charge in [-0.2, -0.15) is 13.2 Å². The molecule has 1 amide bonds. The lowest BCUT2D eigenvalue weighted by molar-refractivity contribution is -0.160. The van der Waals surface area contributed by atoms with Crippen molar-refractivity contribution in [1.29, 1.82) is 0 Å². The van der Waals surface area contributed by atoms with Crippen LogP contribution in [0.3, 0.4) is 0 Å². The van der Waals surface area contributed by atoms with Gasteiger partial charge in [0, 0.05) is 36.2 Å². The number of hydrogen-bond acceptors (Lipinski definition) is 7. The summed E-state index contributed by atoms with van der Waals surface area (Å²) in [6, 6.07) is 4.85. The Kier molecular flexibility index (Phi) is 8.83. The topological polar surface area (TPSA) is 109 Å². The smallest absolute Gasteiger partial charge is 0.396 e. The lowest BCUT2D eigenvalue weighted by Crippen LogP contribution is -2.38. The summed E-state index contributed by atoms with van der Waals surface area (Å²) in [7, 11) is 0. The van der Waals surface area contributed by atoms with E-state index in [9.17, 15) is 18.0 Å². The number of carbonyl (C=O) groups is 1. The van der Waals surface area contributed by atoms with Gasteiger partial charge in [0.15, 0.2) is 0 Å². The normalized spacial score (nSPS) is 18.6. The predicted molar refractivity (Wildman–Crippen MR) is 138 cm³/mol. The summed E-state index contributed by atoms with van der Waals surface area (Å²) in [4.78, 5) is 17.7. The van der Waals surface area contributed by atoms with Crippen molar-refractivity contribution in [1.82, 2.24) is 15.6 Å². The minimum absolute atomic E-state index is 0.0286. The number of hydrazine groups is 1. The summed E-state index contributed by atoms with van der Waals surface area (Å²) in [5.74, 6) is 3.65. The van der Waals surface area contributed by atoms with Crippen LogP contribution in [-0.2, 0) is 0 Å². The third kappa shape index (κ3) is 6.88. The first-order chi connectivity index (χ1) is 16.9. The van der Waals surface area contributed by atoms with Crippen LogP contribution in [0.5, 0.6) is 0 Å². The van der Waals surface area contributed by atoms with E-state index in [0.29, 0.717) is 17.0 Å². The molecule has 1 aromatic carbocycles. The van der Waals surface area contributed by atoms with Gasteiger partial charge in [0.2, 0.25) is 0 Å². The summed E-state index contributed by atoms with van der Waals surface area (Å²) in [6.45, 7) is 5.73. The van der Waals surface area contributed by atoms with Crippen LogP contribution >= 0.6 is 22.9 Å². The molecule has 2 aromatic rings.